The molecule has 156 valence electrons. The molecule has 6 nitrogen and oxygen atoms in total. The van der Waals surface area contributed by atoms with Crippen molar-refractivity contribution in [3.63, 3.8) is 0 Å². The fourth-order valence-electron chi connectivity index (χ4n) is 3.11. The number of carbonyl (C=O) groups is 1. The second-order valence-electron chi connectivity index (χ2n) is 10.0. The highest BCUT2D eigenvalue weighted by molar-refractivity contribution is 7.88. The Morgan fingerprint density at radius 1 is 1.08 bits per heavy atom. The largest absolute Gasteiger partial charge is 0.376 e. The van der Waals surface area contributed by atoms with E-state index in [1.165, 1.54) is 0 Å². The van der Waals surface area contributed by atoms with Gasteiger partial charge in [-0.05, 0) is 24.2 Å². The lowest BCUT2D eigenvalue weighted by Gasteiger charge is -2.41. The molecule has 0 heterocycles. The summed E-state index contributed by atoms with van der Waals surface area (Å²) in [6, 6.07) is -0.434. The summed E-state index contributed by atoms with van der Waals surface area (Å²) in [6.07, 6.45) is 1.65. The second-order valence-corrected chi connectivity index (χ2v) is 11.8. The first-order valence-electron chi connectivity index (χ1n) is 9.10. The first-order chi connectivity index (χ1) is 11.3. The van der Waals surface area contributed by atoms with Crippen LogP contribution in [0.2, 0.25) is 0 Å². The zero-order valence-corrected chi connectivity index (χ0v) is 19.4. The highest BCUT2D eigenvalue weighted by atomic mass is 32.2. The first-order valence-corrected chi connectivity index (χ1v) is 11.0. The van der Waals surface area contributed by atoms with Crippen LogP contribution in [0.5, 0.6) is 0 Å². The number of hydrogen-bond acceptors (Lipinski definition) is 4. The lowest BCUT2D eigenvalue weighted by molar-refractivity contribution is -0.139. The molecular formula is C19H40N2O4S. The van der Waals surface area contributed by atoms with E-state index in [1.54, 1.807) is 19.0 Å². The van der Waals surface area contributed by atoms with Crippen molar-refractivity contribution < 1.29 is 17.9 Å². The van der Waals surface area contributed by atoms with E-state index in [-0.39, 0.29) is 24.0 Å². The van der Waals surface area contributed by atoms with Gasteiger partial charge in [0, 0.05) is 19.5 Å². The Hall–Kier alpha value is -0.660. The molecule has 7 heteroatoms. The molecule has 0 radical (unpaired) electrons. The second kappa shape index (κ2) is 8.57. The summed E-state index contributed by atoms with van der Waals surface area (Å²) in [5, 5.41) is 0. The van der Waals surface area contributed by atoms with Gasteiger partial charge in [0.15, 0.2) is 0 Å². The molecule has 0 spiro atoms. The maximum Gasteiger partial charge on any atom is 0.227 e. The van der Waals surface area contributed by atoms with Gasteiger partial charge in [-0.2, -0.15) is 0 Å². The first kappa shape index (κ1) is 25.3. The number of nitrogens with one attached hydrogen (secondary N) is 1. The normalized spacial score (nSPS) is 16.3. The van der Waals surface area contributed by atoms with Crippen LogP contribution >= 0.6 is 0 Å². The Balaban J connectivity index is 5.48. The number of carbonyl (C=O) groups excluding carboxylic acids is 1. The van der Waals surface area contributed by atoms with E-state index < -0.39 is 26.9 Å². The van der Waals surface area contributed by atoms with E-state index in [4.69, 9.17) is 4.74 Å². The van der Waals surface area contributed by atoms with Gasteiger partial charge in [0.25, 0.3) is 0 Å². The van der Waals surface area contributed by atoms with Crippen molar-refractivity contribution in [3.8, 4) is 0 Å². The third-order valence-electron chi connectivity index (χ3n) is 4.91. The Morgan fingerprint density at radius 2 is 1.54 bits per heavy atom. The van der Waals surface area contributed by atoms with E-state index in [9.17, 15) is 13.2 Å². The minimum Gasteiger partial charge on any atom is -0.376 e. The summed E-state index contributed by atoms with van der Waals surface area (Å²) in [5.41, 5.74) is -1.13. The number of hydrogen-bond donors (Lipinski definition) is 1. The molecule has 26 heavy (non-hydrogen) atoms. The van der Waals surface area contributed by atoms with Crippen LogP contribution in [0.25, 0.3) is 0 Å². The van der Waals surface area contributed by atoms with Crippen molar-refractivity contribution in [3.05, 3.63) is 0 Å². The molecule has 1 N–H and O–H groups in total. The minimum absolute atomic E-state index is 0.0210. The molecule has 0 saturated carbocycles. The molecule has 0 rings (SSSR count). The minimum atomic E-state index is -3.41. The lowest BCUT2D eigenvalue weighted by Crippen LogP contribution is -2.51. The third kappa shape index (κ3) is 8.35. The summed E-state index contributed by atoms with van der Waals surface area (Å²) in [7, 11) is 0.0598. The van der Waals surface area contributed by atoms with Crippen LogP contribution in [0.1, 0.15) is 61.8 Å². The van der Waals surface area contributed by atoms with Gasteiger partial charge in [0.2, 0.25) is 15.9 Å². The Kier molecular flexibility index (Phi) is 8.35. The van der Waals surface area contributed by atoms with Gasteiger partial charge >= 0.3 is 0 Å². The molecular weight excluding hydrogens is 352 g/mol. The predicted octanol–water partition coefficient (Wildman–Crippen LogP) is 2.89. The highest BCUT2D eigenvalue weighted by Crippen LogP contribution is 2.38. The van der Waals surface area contributed by atoms with Crippen molar-refractivity contribution in [1.82, 2.24) is 9.62 Å². The Labute approximate surface area is 161 Å². The molecule has 2 unspecified atom stereocenters. The van der Waals surface area contributed by atoms with Crippen LogP contribution < -0.4 is 4.72 Å². The monoisotopic (exact) mass is 392 g/mol. The van der Waals surface area contributed by atoms with Crippen LogP contribution in [-0.4, -0.2) is 58.3 Å². The topological polar surface area (TPSA) is 75.7 Å². The molecule has 0 aliphatic rings. The number of ether oxygens (including phenoxy) is 1. The summed E-state index contributed by atoms with van der Waals surface area (Å²) in [4.78, 5) is 14.1. The average molecular weight is 393 g/mol. The number of rotatable bonds is 9. The highest BCUT2D eigenvalue weighted by Gasteiger charge is 2.41. The third-order valence-corrected chi connectivity index (χ3v) is 5.63. The van der Waals surface area contributed by atoms with Gasteiger partial charge < -0.3 is 9.64 Å². The van der Waals surface area contributed by atoms with Gasteiger partial charge in [-0.25, -0.2) is 13.1 Å². The van der Waals surface area contributed by atoms with E-state index in [0.29, 0.717) is 6.42 Å². The van der Waals surface area contributed by atoms with Crippen molar-refractivity contribution in [2.45, 2.75) is 74.0 Å². The SMILES string of the molecule is CC(OCC(NS(C)(=O)=O)C(C)(C)CC(C)(C)C(=O)N(C)C)C(C)(C)C. The van der Waals surface area contributed by atoms with Gasteiger partial charge in [0.1, 0.15) is 0 Å². The van der Waals surface area contributed by atoms with Crippen LogP contribution in [0.4, 0.5) is 0 Å². The fourth-order valence-corrected chi connectivity index (χ4v) is 4.02. The van der Waals surface area contributed by atoms with Gasteiger partial charge in [-0.15, -0.1) is 0 Å². The molecule has 0 aliphatic heterocycles. The van der Waals surface area contributed by atoms with Crippen LogP contribution in [-0.2, 0) is 19.6 Å². The van der Waals surface area contributed by atoms with E-state index >= 15 is 0 Å². The van der Waals surface area contributed by atoms with E-state index in [1.807, 2.05) is 34.6 Å². The van der Waals surface area contributed by atoms with Gasteiger partial charge in [0.05, 0.1) is 25.0 Å². The lowest BCUT2D eigenvalue weighted by atomic mass is 9.71. The van der Waals surface area contributed by atoms with E-state index in [2.05, 4.69) is 25.5 Å². The molecule has 0 aromatic rings. The van der Waals surface area contributed by atoms with Crippen molar-refractivity contribution in [2.75, 3.05) is 27.0 Å². The molecule has 0 aromatic carbocycles. The Morgan fingerprint density at radius 3 is 1.88 bits per heavy atom. The maximum atomic E-state index is 12.5. The van der Waals surface area contributed by atoms with Crippen molar-refractivity contribution >= 4 is 15.9 Å². The maximum absolute atomic E-state index is 12.5. The summed E-state index contributed by atoms with van der Waals surface area (Å²) in [5.74, 6) is 0.0210. The van der Waals surface area contributed by atoms with Gasteiger partial charge in [-0.3, -0.25) is 4.79 Å². The number of nitrogens with zero attached hydrogens (tertiary/aromatic N) is 1. The molecule has 0 fully saturated rings. The van der Waals surface area contributed by atoms with Crippen LogP contribution in [0, 0.1) is 16.2 Å². The fraction of sp³-hybridized carbons (Fsp3) is 0.947. The Bertz CT molecular complexity index is 575. The van der Waals surface area contributed by atoms with E-state index in [0.717, 1.165) is 6.26 Å². The molecule has 0 bridgehead atoms. The zero-order valence-electron chi connectivity index (χ0n) is 18.6. The predicted molar refractivity (Wildman–Crippen MR) is 108 cm³/mol. The molecule has 0 saturated heterocycles. The summed E-state index contributed by atoms with van der Waals surface area (Å²) >= 11 is 0. The van der Waals surface area contributed by atoms with Crippen molar-refractivity contribution in [1.29, 1.82) is 0 Å². The number of sulfonamides is 1. The molecule has 0 aliphatic carbocycles. The van der Waals surface area contributed by atoms with Crippen LogP contribution in [0.15, 0.2) is 0 Å². The van der Waals surface area contributed by atoms with Gasteiger partial charge in [-0.1, -0.05) is 48.5 Å². The smallest absolute Gasteiger partial charge is 0.227 e. The van der Waals surface area contributed by atoms with Crippen LogP contribution in [0.3, 0.4) is 0 Å². The van der Waals surface area contributed by atoms with Crippen molar-refractivity contribution in [2.24, 2.45) is 16.2 Å². The number of amides is 1. The molecule has 2 atom stereocenters. The zero-order chi connectivity index (χ0) is 21.1. The standard InChI is InChI=1S/C19H40N2O4S/c1-14(17(2,3)4)25-12-15(20-26(11,23)24)18(5,6)13-19(7,8)16(22)21(9)10/h14-15,20H,12-13H2,1-11H3. The average Bonchev–Trinajstić information content (AvgIpc) is 2.38. The summed E-state index contributed by atoms with van der Waals surface area (Å²) < 4.78 is 32.5. The quantitative estimate of drug-likeness (QED) is 0.655. The molecule has 1 amide bonds. The summed E-state index contributed by atoms with van der Waals surface area (Å²) in [6.45, 7) is 16.2. The molecule has 0 aromatic heterocycles.